The van der Waals surface area contributed by atoms with Crippen LogP contribution in [0, 0.1) is 0 Å². The Balaban J connectivity index is 2.80. The molecule has 1 N–H and O–H groups in total. The Hall–Kier alpha value is -3.62. The topological polar surface area (TPSA) is 117 Å². The minimum Gasteiger partial charge on any atom is -0.493 e. The van der Waals surface area contributed by atoms with E-state index in [1.807, 2.05) is 0 Å². The van der Waals surface area contributed by atoms with Gasteiger partial charge in [0.15, 0.2) is 11.5 Å². The fourth-order valence-electron chi connectivity index (χ4n) is 1.97. The zero-order valence-corrected chi connectivity index (χ0v) is 15.9. The first kappa shape index (κ1) is 22.4. The highest BCUT2D eigenvalue weighted by Crippen LogP contribution is 2.13. The Morgan fingerprint density at radius 1 is 0.786 bits per heavy atom. The number of ether oxygens (including phenoxy) is 4. The number of Topliss-reactive ketones (excluding diaryl/α,β-unsaturated/α-hetero) is 1. The number of ketones is 1. The average molecular weight is 391 g/mol. The summed E-state index contributed by atoms with van der Waals surface area (Å²) in [6.45, 7) is 0. The number of allylic oxidation sites excluding steroid dienone is 1. The molecule has 0 fully saturated rings. The van der Waals surface area contributed by atoms with E-state index in [1.54, 1.807) is 24.3 Å². The predicted octanol–water partition coefficient (Wildman–Crippen LogP) is 1.14. The molecule has 150 valence electrons. The molecule has 9 heteroatoms. The number of methoxy groups -OCH3 is 4. The molecule has 0 heterocycles. The highest BCUT2D eigenvalue weighted by atomic mass is 16.5. The van der Waals surface area contributed by atoms with Gasteiger partial charge in [0.05, 0.1) is 40.6 Å². The minimum absolute atomic E-state index is 0.0174. The average Bonchev–Trinajstić information content (AvgIpc) is 2.70. The van der Waals surface area contributed by atoms with Crippen molar-refractivity contribution in [2.45, 2.75) is 6.42 Å². The Morgan fingerprint density at radius 3 is 1.75 bits per heavy atom. The summed E-state index contributed by atoms with van der Waals surface area (Å²) in [4.78, 5) is 46.7. The van der Waals surface area contributed by atoms with Gasteiger partial charge in [-0.1, -0.05) is 12.1 Å². The maximum absolute atomic E-state index is 12.2. The Kier molecular flexibility index (Phi) is 8.94. The quantitative estimate of drug-likeness (QED) is 0.378. The molecule has 1 amide bonds. The molecule has 1 aromatic carbocycles. The molecule has 0 aliphatic heterocycles. The van der Waals surface area contributed by atoms with Crippen molar-refractivity contribution in [2.24, 2.45) is 0 Å². The van der Waals surface area contributed by atoms with Crippen molar-refractivity contribution in [2.75, 3.05) is 33.8 Å². The molecule has 28 heavy (non-hydrogen) atoms. The van der Waals surface area contributed by atoms with Gasteiger partial charge in [0.1, 0.15) is 0 Å². The minimum atomic E-state index is -0.727. The number of carbonyl (C=O) groups is 4. The Bertz CT molecular complexity index is 726. The number of rotatable bonds is 9. The summed E-state index contributed by atoms with van der Waals surface area (Å²) in [7, 11) is 4.90. The van der Waals surface area contributed by atoms with Crippen LogP contribution < -0.4 is 5.32 Å². The van der Waals surface area contributed by atoms with Crippen molar-refractivity contribution < 1.29 is 38.1 Å². The molecule has 9 nitrogen and oxygen atoms in total. The second-order valence-corrected chi connectivity index (χ2v) is 5.22. The monoisotopic (exact) mass is 391 g/mol. The molecular formula is C19H21NO8. The Labute approximate surface area is 161 Å². The van der Waals surface area contributed by atoms with E-state index in [2.05, 4.69) is 14.8 Å². The number of hydrogen-bond donors (Lipinski definition) is 1. The predicted molar refractivity (Wildman–Crippen MR) is 98.0 cm³/mol. The van der Waals surface area contributed by atoms with E-state index >= 15 is 0 Å². The maximum Gasteiger partial charge on any atom is 0.334 e. The largest absolute Gasteiger partial charge is 0.493 e. The van der Waals surface area contributed by atoms with Gasteiger partial charge in [-0.15, -0.1) is 0 Å². The van der Waals surface area contributed by atoms with Crippen LogP contribution in [0.2, 0.25) is 0 Å². The summed E-state index contributed by atoms with van der Waals surface area (Å²) in [5, 5.41) is 2.55. The van der Waals surface area contributed by atoms with E-state index in [9.17, 15) is 19.2 Å². The van der Waals surface area contributed by atoms with Crippen molar-refractivity contribution in [3.8, 4) is 0 Å². The third-order valence-corrected chi connectivity index (χ3v) is 3.42. The highest BCUT2D eigenvalue weighted by Gasteiger charge is 2.15. The molecule has 0 aliphatic rings. The van der Waals surface area contributed by atoms with Crippen LogP contribution in [0.15, 0.2) is 47.9 Å². The standard InChI is InChI=1S/C19H21NO8/c1-25-15(10-17(22)27-3)14(21)9-12-5-7-13(8-6-12)20-19(24)16(26-2)11-18(23)28-4/h5-8,10-11H,9H2,1-4H3,(H,20,24)/b15-10-,16-11-. The first-order valence-corrected chi connectivity index (χ1v) is 7.95. The molecule has 0 bridgehead atoms. The number of nitrogens with one attached hydrogen (secondary N) is 1. The molecule has 0 unspecified atom stereocenters. The van der Waals surface area contributed by atoms with Crippen LogP contribution in [-0.4, -0.2) is 52.1 Å². The van der Waals surface area contributed by atoms with Crippen molar-refractivity contribution in [1.29, 1.82) is 0 Å². The van der Waals surface area contributed by atoms with Gasteiger partial charge in [0.25, 0.3) is 5.91 Å². The number of benzene rings is 1. The van der Waals surface area contributed by atoms with Crippen LogP contribution in [0.4, 0.5) is 5.69 Å². The summed E-state index contributed by atoms with van der Waals surface area (Å²) in [6.07, 6.45) is 1.87. The van der Waals surface area contributed by atoms with Crippen molar-refractivity contribution in [3.05, 3.63) is 53.5 Å². The second-order valence-electron chi connectivity index (χ2n) is 5.22. The first-order valence-electron chi connectivity index (χ1n) is 7.95. The Morgan fingerprint density at radius 2 is 1.29 bits per heavy atom. The van der Waals surface area contributed by atoms with E-state index in [0.717, 1.165) is 12.2 Å². The molecule has 0 atom stereocenters. The molecule has 0 radical (unpaired) electrons. The van der Waals surface area contributed by atoms with Gasteiger partial charge in [-0.2, -0.15) is 0 Å². The second kappa shape index (κ2) is 11.2. The fourth-order valence-corrected chi connectivity index (χ4v) is 1.97. The molecule has 0 spiro atoms. The summed E-state index contributed by atoms with van der Waals surface area (Å²) >= 11 is 0. The maximum atomic E-state index is 12.2. The van der Waals surface area contributed by atoms with Crippen LogP contribution in [0.25, 0.3) is 0 Å². The van der Waals surface area contributed by atoms with Gasteiger partial charge in [0, 0.05) is 12.1 Å². The van der Waals surface area contributed by atoms with E-state index in [1.165, 1.54) is 28.4 Å². The van der Waals surface area contributed by atoms with E-state index in [4.69, 9.17) is 9.47 Å². The van der Waals surface area contributed by atoms with Crippen LogP contribution in [0.3, 0.4) is 0 Å². The SMILES string of the molecule is COC(=O)/C=C(\OC)C(=O)Cc1ccc(NC(=O)/C(=C/C(=O)OC)OC)cc1. The van der Waals surface area contributed by atoms with Crippen LogP contribution >= 0.6 is 0 Å². The zero-order valence-electron chi connectivity index (χ0n) is 15.9. The summed E-state index contributed by atoms with van der Waals surface area (Å²) < 4.78 is 18.7. The zero-order chi connectivity index (χ0) is 21.1. The lowest BCUT2D eigenvalue weighted by Crippen LogP contribution is -2.17. The molecule has 0 saturated carbocycles. The third-order valence-electron chi connectivity index (χ3n) is 3.42. The number of anilines is 1. The number of hydrogen-bond acceptors (Lipinski definition) is 8. The summed E-state index contributed by atoms with van der Waals surface area (Å²) in [5.41, 5.74) is 1.05. The lowest BCUT2D eigenvalue weighted by molar-refractivity contribution is -0.136. The van der Waals surface area contributed by atoms with Crippen molar-refractivity contribution in [1.82, 2.24) is 0 Å². The van der Waals surface area contributed by atoms with Gasteiger partial charge in [-0.05, 0) is 17.7 Å². The lowest BCUT2D eigenvalue weighted by atomic mass is 10.1. The van der Waals surface area contributed by atoms with Crippen LogP contribution in [0.5, 0.6) is 0 Å². The molecule has 0 aliphatic carbocycles. The first-order chi connectivity index (χ1) is 13.3. The molecule has 1 rings (SSSR count). The third kappa shape index (κ3) is 6.94. The molecule has 1 aromatic rings. The smallest absolute Gasteiger partial charge is 0.334 e. The fraction of sp³-hybridized carbons (Fsp3) is 0.263. The van der Waals surface area contributed by atoms with E-state index in [-0.39, 0.29) is 17.9 Å². The van der Waals surface area contributed by atoms with Gasteiger partial charge < -0.3 is 24.3 Å². The van der Waals surface area contributed by atoms with Crippen molar-refractivity contribution >= 4 is 29.3 Å². The summed E-state index contributed by atoms with van der Waals surface area (Å²) in [6, 6.07) is 6.38. The number of esters is 2. The van der Waals surface area contributed by atoms with Gasteiger partial charge >= 0.3 is 11.9 Å². The van der Waals surface area contributed by atoms with Crippen LogP contribution in [-0.2, 0) is 44.5 Å². The number of amides is 1. The molecule has 0 aromatic heterocycles. The highest BCUT2D eigenvalue weighted by molar-refractivity contribution is 6.05. The summed E-state index contributed by atoms with van der Waals surface area (Å²) in [5.74, 6) is -2.82. The molecule has 0 saturated heterocycles. The van der Waals surface area contributed by atoms with Crippen molar-refractivity contribution in [3.63, 3.8) is 0 Å². The lowest BCUT2D eigenvalue weighted by Gasteiger charge is -2.09. The van der Waals surface area contributed by atoms with E-state index in [0.29, 0.717) is 11.3 Å². The van der Waals surface area contributed by atoms with Gasteiger partial charge in [-0.3, -0.25) is 9.59 Å². The normalized spacial score (nSPS) is 11.3. The molecular weight excluding hydrogens is 370 g/mol. The van der Waals surface area contributed by atoms with Crippen LogP contribution in [0.1, 0.15) is 5.56 Å². The number of carbonyl (C=O) groups excluding carboxylic acids is 4. The van der Waals surface area contributed by atoms with Gasteiger partial charge in [0.2, 0.25) is 5.78 Å². The van der Waals surface area contributed by atoms with E-state index < -0.39 is 23.6 Å². The van der Waals surface area contributed by atoms with Gasteiger partial charge in [-0.25, -0.2) is 9.59 Å².